The molecule has 0 radical (unpaired) electrons. The van der Waals surface area contributed by atoms with Gasteiger partial charge in [-0.1, -0.05) is 0 Å². The highest BCUT2D eigenvalue weighted by molar-refractivity contribution is 5.96. The topological polar surface area (TPSA) is 82.5 Å². The van der Waals surface area contributed by atoms with Crippen molar-refractivity contribution in [2.75, 3.05) is 7.11 Å². The van der Waals surface area contributed by atoms with Gasteiger partial charge in [0.15, 0.2) is 0 Å². The summed E-state index contributed by atoms with van der Waals surface area (Å²) in [6.07, 6.45) is 2.40. The first-order chi connectivity index (χ1) is 9.21. The molecule has 0 aliphatic rings. The van der Waals surface area contributed by atoms with E-state index in [9.17, 15) is 9.59 Å². The summed E-state index contributed by atoms with van der Waals surface area (Å²) >= 11 is 0. The number of aryl methyl sites for hydroxylation is 1. The third kappa shape index (κ3) is 5.13. The summed E-state index contributed by atoms with van der Waals surface area (Å²) in [4.78, 5) is 23.3. The van der Waals surface area contributed by atoms with Crippen LogP contribution in [0.1, 0.15) is 26.5 Å². The van der Waals surface area contributed by atoms with Crippen LogP contribution >= 0.6 is 0 Å². The van der Waals surface area contributed by atoms with Gasteiger partial charge in [-0.15, -0.1) is 0 Å². The summed E-state index contributed by atoms with van der Waals surface area (Å²) in [7, 11) is 2.97. The first kappa shape index (κ1) is 15.7. The summed E-state index contributed by atoms with van der Waals surface area (Å²) in [5.74, 6) is -0.679. The molecule has 0 fully saturated rings. The Kier molecular flexibility index (Phi) is 4.90. The molecule has 1 aromatic rings. The Bertz CT molecular complexity index is 526. The van der Waals surface area contributed by atoms with Crippen LogP contribution in [0.25, 0.3) is 6.08 Å². The number of carbonyl (C=O) groups excluding carboxylic acids is 2. The average Bonchev–Trinajstić information content (AvgIpc) is 2.70. The molecule has 1 N–H and O–H groups in total. The largest absolute Gasteiger partial charge is 0.464 e. The first-order valence-corrected chi connectivity index (χ1v) is 6.01. The van der Waals surface area contributed by atoms with Crippen LogP contribution in [-0.4, -0.2) is 34.6 Å². The van der Waals surface area contributed by atoms with Gasteiger partial charge in [0.1, 0.15) is 11.3 Å². The molecular formula is C13H19N3O4. The van der Waals surface area contributed by atoms with Crippen molar-refractivity contribution in [3.63, 3.8) is 0 Å². The second-order valence-electron chi connectivity index (χ2n) is 5.09. The first-order valence-electron chi connectivity index (χ1n) is 6.01. The third-order valence-electron chi connectivity index (χ3n) is 2.07. The molecule has 7 heteroatoms. The van der Waals surface area contributed by atoms with Crippen molar-refractivity contribution in [1.29, 1.82) is 0 Å². The third-order valence-corrected chi connectivity index (χ3v) is 2.07. The maximum atomic E-state index is 11.7. The van der Waals surface area contributed by atoms with E-state index in [1.807, 2.05) is 0 Å². The minimum absolute atomic E-state index is 0.0412. The highest BCUT2D eigenvalue weighted by Gasteiger charge is 2.20. The molecule has 0 aliphatic carbocycles. The number of amides is 1. The summed E-state index contributed by atoms with van der Waals surface area (Å²) in [5, 5.41) is 6.45. The number of methoxy groups -OCH3 is 1. The van der Waals surface area contributed by atoms with Crippen LogP contribution in [0, 0.1) is 0 Å². The number of rotatable bonds is 3. The van der Waals surface area contributed by atoms with Crippen molar-refractivity contribution < 1.29 is 19.1 Å². The molecule has 1 amide bonds. The maximum Gasteiger partial charge on any atom is 0.412 e. The van der Waals surface area contributed by atoms with Gasteiger partial charge in [0.2, 0.25) is 0 Å². The molecule has 0 aliphatic heterocycles. The minimum atomic E-state index is -0.731. The van der Waals surface area contributed by atoms with E-state index in [2.05, 4.69) is 15.2 Å². The smallest absolute Gasteiger partial charge is 0.412 e. The van der Waals surface area contributed by atoms with Crippen molar-refractivity contribution in [2.45, 2.75) is 26.4 Å². The van der Waals surface area contributed by atoms with Gasteiger partial charge in [0.25, 0.3) is 0 Å². The van der Waals surface area contributed by atoms with Crippen LogP contribution in [0.2, 0.25) is 0 Å². The van der Waals surface area contributed by atoms with Gasteiger partial charge in [-0.05, 0) is 32.9 Å². The number of aromatic nitrogens is 2. The zero-order valence-corrected chi connectivity index (χ0v) is 12.3. The predicted molar refractivity (Wildman–Crippen MR) is 72.6 cm³/mol. The zero-order valence-electron chi connectivity index (χ0n) is 12.3. The second kappa shape index (κ2) is 6.23. The Morgan fingerprint density at radius 1 is 1.40 bits per heavy atom. The monoisotopic (exact) mass is 281 g/mol. The van der Waals surface area contributed by atoms with Gasteiger partial charge in [-0.3, -0.25) is 10.00 Å². The van der Waals surface area contributed by atoms with E-state index in [0.717, 1.165) is 0 Å². The molecule has 0 unspecified atom stereocenters. The molecule has 7 nitrogen and oxygen atoms in total. The van der Waals surface area contributed by atoms with E-state index in [1.165, 1.54) is 13.2 Å². The van der Waals surface area contributed by atoms with Crippen LogP contribution in [0.4, 0.5) is 4.79 Å². The van der Waals surface area contributed by atoms with Gasteiger partial charge in [-0.25, -0.2) is 9.59 Å². The lowest BCUT2D eigenvalue weighted by molar-refractivity contribution is -0.136. The summed E-state index contributed by atoms with van der Waals surface area (Å²) < 4.78 is 11.3. The molecule has 0 saturated heterocycles. The molecular weight excluding hydrogens is 262 g/mol. The number of alkyl carbamates (subject to hydrolysis) is 1. The van der Waals surface area contributed by atoms with Crippen molar-refractivity contribution in [3.05, 3.63) is 23.7 Å². The van der Waals surface area contributed by atoms with E-state index >= 15 is 0 Å². The number of hydrogen-bond donors (Lipinski definition) is 1. The number of nitrogens with one attached hydrogen (secondary N) is 1. The Labute approximate surface area is 117 Å². The minimum Gasteiger partial charge on any atom is -0.464 e. The SMILES string of the molecule is COC(=O)/C(=C\c1ccn(C)n1)NC(=O)OC(C)(C)C. The summed E-state index contributed by atoms with van der Waals surface area (Å²) in [5.41, 5.74) is -0.180. The van der Waals surface area contributed by atoms with E-state index in [-0.39, 0.29) is 5.70 Å². The van der Waals surface area contributed by atoms with Gasteiger partial charge in [0, 0.05) is 13.2 Å². The van der Waals surface area contributed by atoms with Crippen molar-refractivity contribution in [3.8, 4) is 0 Å². The van der Waals surface area contributed by atoms with Gasteiger partial charge in [0.05, 0.1) is 12.8 Å². The van der Waals surface area contributed by atoms with Gasteiger partial charge >= 0.3 is 12.1 Å². The zero-order chi connectivity index (χ0) is 15.3. The molecule has 0 saturated carbocycles. The van der Waals surface area contributed by atoms with Crippen LogP contribution in [0.3, 0.4) is 0 Å². The lowest BCUT2D eigenvalue weighted by atomic mass is 10.2. The lowest BCUT2D eigenvalue weighted by Gasteiger charge is -2.19. The standard InChI is InChI=1S/C13H19N3O4/c1-13(2,3)20-12(18)14-10(11(17)19-5)8-9-6-7-16(4)15-9/h6-8H,1-5H3,(H,14,18)/b10-8+. The Balaban J connectivity index is 2.88. The molecule has 20 heavy (non-hydrogen) atoms. The van der Waals surface area contributed by atoms with E-state index in [1.54, 1.807) is 44.8 Å². The highest BCUT2D eigenvalue weighted by atomic mass is 16.6. The molecule has 0 atom stereocenters. The van der Waals surface area contributed by atoms with Crippen LogP contribution in [0.15, 0.2) is 18.0 Å². The molecule has 1 heterocycles. The highest BCUT2D eigenvalue weighted by Crippen LogP contribution is 2.09. The fourth-order valence-electron chi connectivity index (χ4n) is 1.33. The Morgan fingerprint density at radius 3 is 2.50 bits per heavy atom. The molecule has 0 aromatic carbocycles. The Morgan fingerprint density at radius 2 is 2.05 bits per heavy atom. The molecule has 0 spiro atoms. The molecule has 1 aromatic heterocycles. The predicted octanol–water partition coefficient (Wildman–Crippen LogP) is 1.46. The normalized spacial score (nSPS) is 11.9. The van der Waals surface area contributed by atoms with E-state index in [0.29, 0.717) is 5.69 Å². The van der Waals surface area contributed by atoms with Crippen molar-refractivity contribution in [2.24, 2.45) is 7.05 Å². The molecule has 0 bridgehead atoms. The number of carbonyl (C=O) groups is 2. The van der Waals surface area contributed by atoms with Crippen molar-refractivity contribution in [1.82, 2.24) is 15.1 Å². The number of esters is 1. The lowest BCUT2D eigenvalue weighted by Crippen LogP contribution is -2.34. The van der Waals surface area contributed by atoms with Crippen molar-refractivity contribution >= 4 is 18.1 Å². The number of hydrogen-bond acceptors (Lipinski definition) is 5. The van der Waals surface area contributed by atoms with Crippen LogP contribution < -0.4 is 5.32 Å². The van der Waals surface area contributed by atoms with Gasteiger partial charge in [-0.2, -0.15) is 5.10 Å². The van der Waals surface area contributed by atoms with Crippen LogP contribution in [-0.2, 0) is 21.3 Å². The number of nitrogens with zero attached hydrogens (tertiary/aromatic N) is 2. The number of ether oxygens (including phenoxy) is 2. The molecule has 1 rings (SSSR count). The van der Waals surface area contributed by atoms with E-state index < -0.39 is 17.7 Å². The average molecular weight is 281 g/mol. The Hall–Kier alpha value is -2.31. The van der Waals surface area contributed by atoms with Crippen LogP contribution in [0.5, 0.6) is 0 Å². The van der Waals surface area contributed by atoms with E-state index in [4.69, 9.17) is 4.74 Å². The molecule has 110 valence electrons. The quantitative estimate of drug-likeness (QED) is 0.670. The fourth-order valence-corrected chi connectivity index (χ4v) is 1.33. The summed E-state index contributed by atoms with van der Waals surface area (Å²) in [6, 6.07) is 1.69. The summed E-state index contributed by atoms with van der Waals surface area (Å²) in [6.45, 7) is 5.19. The second-order valence-corrected chi connectivity index (χ2v) is 5.09. The maximum absolute atomic E-state index is 11.7. The van der Waals surface area contributed by atoms with Gasteiger partial charge < -0.3 is 9.47 Å². The fraction of sp³-hybridized carbons (Fsp3) is 0.462.